The summed E-state index contributed by atoms with van der Waals surface area (Å²) in [5.74, 6) is 0.778. The predicted molar refractivity (Wildman–Crippen MR) is 111 cm³/mol. The lowest BCUT2D eigenvalue weighted by molar-refractivity contribution is 0.0702. The summed E-state index contributed by atoms with van der Waals surface area (Å²) < 4.78 is 6.13. The zero-order valence-electron chi connectivity index (χ0n) is 16.1. The lowest BCUT2D eigenvalue weighted by Crippen LogP contribution is -2.48. The van der Waals surface area contributed by atoms with Gasteiger partial charge in [0.25, 0.3) is 5.91 Å². The molecule has 1 aliphatic heterocycles. The Morgan fingerprint density at radius 2 is 2.11 bits per heavy atom. The van der Waals surface area contributed by atoms with Crippen LogP contribution in [0, 0.1) is 0 Å². The fourth-order valence-electron chi connectivity index (χ4n) is 4.58. The molecule has 0 radical (unpaired) electrons. The van der Waals surface area contributed by atoms with Crippen LogP contribution in [-0.2, 0) is 5.54 Å². The van der Waals surface area contributed by atoms with Gasteiger partial charge in [-0.3, -0.25) is 4.79 Å². The van der Waals surface area contributed by atoms with Gasteiger partial charge in [0.2, 0.25) is 0 Å². The number of rotatable bonds is 4. The average molecular weight is 404 g/mol. The Labute approximate surface area is 169 Å². The van der Waals surface area contributed by atoms with Gasteiger partial charge < -0.3 is 25.1 Å². The minimum Gasteiger partial charge on any atom is -0.450 e. The number of halogens is 1. The number of fused-ring (bicyclic) bond motifs is 4. The molecule has 1 aromatic carbocycles. The maximum Gasteiger partial charge on any atom is 0.289 e. The largest absolute Gasteiger partial charge is 0.450 e. The van der Waals surface area contributed by atoms with E-state index < -0.39 is 0 Å². The highest BCUT2D eigenvalue weighted by Crippen LogP contribution is 2.49. The number of likely N-dealkylation sites (N-methyl/N-ethyl adjacent to an activating group) is 1. The smallest absolute Gasteiger partial charge is 0.289 e. The quantitative estimate of drug-likeness (QED) is 0.713. The van der Waals surface area contributed by atoms with Crippen LogP contribution in [0.5, 0.6) is 0 Å². The van der Waals surface area contributed by atoms with E-state index in [2.05, 4.69) is 17.2 Å². The van der Waals surface area contributed by atoms with E-state index in [0.29, 0.717) is 17.2 Å². The number of amides is 1. The Bertz CT molecular complexity index is 931. The first-order chi connectivity index (χ1) is 13.5. The molecule has 2 heterocycles. The maximum absolute atomic E-state index is 12.9. The number of aliphatic hydroxyl groups is 1. The third-order valence-electron chi connectivity index (χ3n) is 5.86. The van der Waals surface area contributed by atoms with E-state index in [0.717, 1.165) is 48.1 Å². The van der Waals surface area contributed by atoms with Crippen molar-refractivity contribution in [2.45, 2.75) is 44.6 Å². The number of furan rings is 1. The van der Waals surface area contributed by atoms with Crippen LogP contribution in [0.2, 0.25) is 5.02 Å². The Morgan fingerprint density at radius 1 is 1.36 bits per heavy atom. The van der Waals surface area contributed by atoms with E-state index in [9.17, 15) is 9.90 Å². The van der Waals surface area contributed by atoms with Crippen LogP contribution in [0.15, 0.2) is 28.9 Å². The van der Waals surface area contributed by atoms with Crippen LogP contribution in [-0.4, -0.2) is 35.6 Å². The summed E-state index contributed by atoms with van der Waals surface area (Å²) in [5.41, 5.74) is 2.21. The van der Waals surface area contributed by atoms with Crippen molar-refractivity contribution in [2.75, 3.05) is 25.0 Å². The zero-order valence-corrected chi connectivity index (χ0v) is 16.9. The topological polar surface area (TPSA) is 77.7 Å². The Hall–Kier alpha value is -2.18. The number of anilines is 1. The van der Waals surface area contributed by atoms with Gasteiger partial charge in [0.15, 0.2) is 5.76 Å². The number of hydrogen-bond donors (Lipinski definition) is 3. The van der Waals surface area contributed by atoms with Crippen LogP contribution in [0.25, 0.3) is 11.0 Å². The van der Waals surface area contributed by atoms with Crippen LogP contribution in [0.1, 0.15) is 55.1 Å². The van der Waals surface area contributed by atoms with E-state index in [4.69, 9.17) is 16.0 Å². The van der Waals surface area contributed by atoms with Gasteiger partial charge in [0, 0.05) is 24.0 Å². The van der Waals surface area contributed by atoms with E-state index in [-0.39, 0.29) is 30.4 Å². The molecule has 150 valence electrons. The summed E-state index contributed by atoms with van der Waals surface area (Å²) in [5, 5.41) is 17.4. The Kier molecular flexibility index (Phi) is 5.02. The molecule has 2 aromatic rings. The fraction of sp³-hybridized carbons (Fsp3) is 0.476. The van der Waals surface area contributed by atoms with Crippen molar-refractivity contribution in [3.8, 4) is 0 Å². The highest BCUT2D eigenvalue weighted by atomic mass is 35.5. The van der Waals surface area contributed by atoms with Gasteiger partial charge in [-0.15, -0.1) is 0 Å². The zero-order chi connectivity index (χ0) is 19.9. The van der Waals surface area contributed by atoms with Gasteiger partial charge in [-0.1, -0.05) is 37.4 Å². The number of hydrogen-bond acceptors (Lipinski definition) is 5. The van der Waals surface area contributed by atoms with Crippen molar-refractivity contribution in [1.29, 1.82) is 0 Å². The monoisotopic (exact) mass is 403 g/mol. The summed E-state index contributed by atoms with van der Waals surface area (Å²) in [6, 6.07) is 3.59. The van der Waals surface area contributed by atoms with E-state index in [1.807, 2.05) is 13.0 Å². The lowest BCUT2D eigenvalue weighted by atomic mass is 9.74. The van der Waals surface area contributed by atoms with Gasteiger partial charge in [0.05, 0.1) is 28.7 Å². The molecule has 0 atom stereocenters. The molecule has 4 rings (SSSR count). The van der Waals surface area contributed by atoms with Gasteiger partial charge in [-0.25, -0.2) is 0 Å². The first-order valence-corrected chi connectivity index (χ1v) is 10.3. The van der Waals surface area contributed by atoms with Crippen molar-refractivity contribution >= 4 is 34.2 Å². The minimum absolute atomic E-state index is 0.0832. The van der Waals surface area contributed by atoms with Gasteiger partial charge in [-0.05, 0) is 31.9 Å². The summed E-state index contributed by atoms with van der Waals surface area (Å²) in [6.07, 6.45) is 5.36. The third kappa shape index (κ3) is 3.05. The molecule has 6 nitrogen and oxygen atoms in total. The molecule has 1 fully saturated rings. The average Bonchev–Trinajstić information content (AvgIpc) is 3.09. The lowest BCUT2D eigenvalue weighted by Gasteiger charge is -2.44. The molecule has 1 aliphatic carbocycles. The minimum atomic E-state index is -0.285. The normalized spacial score (nSPS) is 17.9. The number of carbonyl (C=O) groups is 1. The molecule has 1 spiro atoms. The van der Waals surface area contributed by atoms with Gasteiger partial charge in [0.1, 0.15) is 5.58 Å². The van der Waals surface area contributed by atoms with Crippen molar-refractivity contribution < 1.29 is 14.3 Å². The third-order valence-corrected chi connectivity index (χ3v) is 6.16. The van der Waals surface area contributed by atoms with E-state index in [1.54, 1.807) is 11.0 Å². The van der Waals surface area contributed by atoms with Gasteiger partial charge >= 0.3 is 0 Å². The van der Waals surface area contributed by atoms with E-state index in [1.165, 1.54) is 6.42 Å². The molecule has 2 aliphatic rings. The molecule has 1 saturated carbocycles. The Morgan fingerprint density at radius 3 is 2.79 bits per heavy atom. The van der Waals surface area contributed by atoms with Crippen molar-refractivity contribution in [2.24, 2.45) is 0 Å². The second-order valence-corrected chi connectivity index (χ2v) is 8.02. The first kappa shape index (κ1) is 19.2. The molecule has 1 amide bonds. The summed E-state index contributed by atoms with van der Waals surface area (Å²) in [4.78, 5) is 14.4. The predicted octanol–water partition coefficient (Wildman–Crippen LogP) is 4.19. The van der Waals surface area contributed by atoms with Gasteiger partial charge in [-0.2, -0.15) is 0 Å². The first-order valence-electron chi connectivity index (χ1n) is 9.90. The summed E-state index contributed by atoms with van der Waals surface area (Å²) >= 11 is 6.62. The number of aliphatic hydroxyl groups excluding tert-OH is 1. The number of nitrogens with zero attached hydrogens (tertiary/aromatic N) is 1. The van der Waals surface area contributed by atoms with Crippen LogP contribution in [0.4, 0.5) is 5.69 Å². The SMILES string of the molecule is C=C1Nc2c(Cl)cc3cc(C(=O)N(CC)CCO)oc3c2C2(CCCCC2)N1. The molecule has 0 unspecified atom stereocenters. The molecule has 0 bridgehead atoms. The van der Waals surface area contributed by atoms with E-state index >= 15 is 0 Å². The fourth-order valence-corrected chi connectivity index (χ4v) is 4.84. The highest BCUT2D eigenvalue weighted by molar-refractivity contribution is 6.34. The van der Waals surface area contributed by atoms with Crippen LogP contribution >= 0.6 is 11.6 Å². The molecule has 7 heteroatoms. The van der Waals surface area contributed by atoms with Crippen LogP contribution in [0.3, 0.4) is 0 Å². The second-order valence-electron chi connectivity index (χ2n) is 7.62. The molecule has 3 N–H and O–H groups in total. The van der Waals surface area contributed by atoms with Crippen molar-refractivity contribution in [1.82, 2.24) is 10.2 Å². The second kappa shape index (κ2) is 7.33. The maximum atomic E-state index is 12.9. The summed E-state index contributed by atoms with van der Waals surface area (Å²) in [7, 11) is 0. The highest BCUT2D eigenvalue weighted by Gasteiger charge is 2.42. The van der Waals surface area contributed by atoms with Crippen molar-refractivity contribution in [3.63, 3.8) is 0 Å². The van der Waals surface area contributed by atoms with Crippen LogP contribution < -0.4 is 10.6 Å². The summed E-state index contributed by atoms with van der Waals surface area (Å²) in [6.45, 7) is 6.65. The number of nitrogens with one attached hydrogen (secondary N) is 2. The molecule has 28 heavy (non-hydrogen) atoms. The number of carbonyl (C=O) groups excluding carboxylic acids is 1. The number of benzene rings is 1. The molecular weight excluding hydrogens is 378 g/mol. The molecule has 1 aromatic heterocycles. The molecular formula is C21H26ClN3O3. The molecule has 0 saturated heterocycles. The van der Waals surface area contributed by atoms with Crippen molar-refractivity contribution in [3.05, 3.63) is 40.9 Å². The standard InChI is InChI=1S/C21H26ClN3O3/c1-3-25(9-10-26)20(27)16-12-14-11-15(22)18-17(19(14)28-16)21(24-13(2)23-18)7-5-4-6-8-21/h11-12,23-24,26H,2-10H2,1H3. The Balaban J connectivity index is 1.88.